The molecule has 1 heterocycles. The van der Waals surface area contributed by atoms with Crippen LogP contribution in [0.5, 0.6) is 5.75 Å². The zero-order valence-electron chi connectivity index (χ0n) is 16.7. The second-order valence-electron chi connectivity index (χ2n) is 7.72. The zero-order valence-corrected chi connectivity index (χ0v) is 16.7. The van der Waals surface area contributed by atoms with E-state index in [-0.39, 0.29) is 24.5 Å². The van der Waals surface area contributed by atoms with E-state index in [2.05, 4.69) is 22.5 Å². The zero-order chi connectivity index (χ0) is 20.2. The third-order valence-corrected chi connectivity index (χ3v) is 5.30. The van der Waals surface area contributed by atoms with Gasteiger partial charge < -0.3 is 20.3 Å². The molecule has 0 aromatic heterocycles. The predicted octanol–water partition coefficient (Wildman–Crippen LogP) is 2.87. The normalized spacial score (nSPS) is 17.8. The summed E-state index contributed by atoms with van der Waals surface area (Å²) < 4.78 is 5.98. The van der Waals surface area contributed by atoms with Gasteiger partial charge in [0.15, 0.2) is 0 Å². The molecule has 2 amide bonds. The Morgan fingerprint density at radius 3 is 2.76 bits per heavy atom. The fourth-order valence-electron chi connectivity index (χ4n) is 3.49. The van der Waals surface area contributed by atoms with Gasteiger partial charge in [-0.15, -0.1) is 0 Å². The fourth-order valence-corrected chi connectivity index (χ4v) is 3.49. The van der Waals surface area contributed by atoms with E-state index in [1.807, 2.05) is 42.5 Å². The van der Waals surface area contributed by atoms with Crippen LogP contribution in [0, 0.1) is 0 Å². The average molecular weight is 393 g/mol. The van der Waals surface area contributed by atoms with Gasteiger partial charge in [0.1, 0.15) is 11.9 Å². The second-order valence-corrected chi connectivity index (χ2v) is 7.72. The van der Waals surface area contributed by atoms with E-state index >= 15 is 0 Å². The highest BCUT2D eigenvalue weighted by Gasteiger charge is 2.26. The van der Waals surface area contributed by atoms with Crippen molar-refractivity contribution in [2.75, 3.05) is 18.0 Å². The Kier molecular flexibility index (Phi) is 5.69. The minimum Gasteiger partial charge on any atom is -0.486 e. The lowest BCUT2D eigenvalue weighted by Gasteiger charge is -2.35. The number of carbonyl (C=O) groups excluding carboxylic acids is 2. The van der Waals surface area contributed by atoms with Crippen LogP contribution in [-0.2, 0) is 11.3 Å². The highest BCUT2D eigenvalue weighted by atomic mass is 16.5. The Labute approximate surface area is 171 Å². The van der Waals surface area contributed by atoms with E-state index in [4.69, 9.17) is 4.74 Å². The lowest BCUT2D eigenvalue weighted by atomic mass is 10.1. The van der Waals surface area contributed by atoms with Crippen molar-refractivity contribution in [3.05, 3.63) is 59.7 Å². The summed E-state index contributed by atoms with van der Waals surface area (Å²) in [5.41, 5.74) is 2.50. The van der Waals surface area contributed by atoms with E-state index in [1.165, 1.54) is 0 Å². The first-order valence-corrected chi connectivity index (χ1v) is 10.3. The van der Waals surface area contributed by atoms with Crippen molar-refractivity contribution in [1.82, 2.24) is 10.6 Å². The molecule has 1 aliphatic carbocycles. The maximum absolute atomic E-state index is 12.6. The first-order chi connectivity index (χ1) is 14.1. The number of benzene rings is 2. The smallest absolute Gasteiger partial charge is 0.251 e. The molecule has 1 aliphatic heterocycles. The minimum absolute atomic E-state index is 0.0452. The lowest BCUT2D eigenvalue weighted by Crippen LogP contribution is -2.45. The molecular formula is C23H27N3O3. The van der Waals surface area contributed by atoms with E-state index in [0.717, 1.165) is 36.3 Å². The molecule has 0 saturated heterocycles. The van der Waals surface area contributed by atoms with Crippen molar-refractivity contribution in [3.8, 4) is 5.75 Å². The van der Waals surface area contributed by atoms with Crippen molar-refractivity contribution in [1.29, 1.82) is 0 Å². The van der Waals surface area contributed by atoms with Crippen molar-refractivity contribution in [2.24, 2.45) is 0 Å². The van der Waals surface area contributed by atoms with Gasteiger partial charge in [-0.3, -0.25) is 9.59 Å². The van der Waals surface area contributed by atoms with E-state index in [0.29, 0.717) is 24.7 Å². The molecule has 0 spiro atoms. The van der Waals surface area contributed by atoms with Gasteiger partial charge in [-0.2, -0.15) is 0 Å². The van der Waals surface area contributed by atoms with Crippen LogP contribution < -0.4 is 20.3 Å². The Bertz CT molecular complexity index is 894. The van der Waals surface area contributed by atoms with Crippen LogP contribution in [0.15, 0.2) is 48.5 Å². The lowest BCUT2D eigenvalue weighted by molar-refractivity contribution is -0.120. The Morgan fingerprint density at radius 2 is 1.97 bits per heavy atom. The number of nitrogens with one attached hydrogen (secondary N) is 2. The van der Waals surface area contributed by atoms with Gasteiger partial charge in [0.2, 0.25) is 5.91 Å². The summed E-state index contributed by atoms with van der Waals surface area (Å²) in [6, 6.07) is 15.6. The Hall–Kier alpha value is -3.02. The molecule has 2 aliphatic rings. The highest BCUT2D eigenvalue weighted by Crippen LogP contribution is 2.33. The number of anilines is 1. The van der Waals surface area contributed by atoms with Gasteiger partial charge in [0.25, 0.3) is 5.91 Å². The quantitative estimate of drug-likeness (QED) is 0.759. The molecule has 1 saturated carbocycles. The minimum atomic E-state index is -0.0515. The van der Waals surface area contributed by atoms with E-state index < -0.39 is 0 Å². The summed E-state index contributed by atoms with van der Waals surface area (Å²) in [6.07, 6.45) is 3.09. The summed E-state index contributed by atoms with van der Waals surface area (Å²) in [4.78, 5) is 26.9. The number of nitrogens with zero attached hydrogens (tertiary/aromatic N) is 1. The molecule has 6 heteroatoms. The Balaban J connectivity index is 1.35. The van der Waals surface area contributed by atoms with Crippen molar-refractivity contribution >= 4 is 17.5 Å². The number of hydrogen-bond donors (Lipinski definition) is 2. The third kappa shape index (κ3) is 4.88. The number of rotatable bonds is 7. The van der Waals surface area contributed by atoms with Crippen LogP contribution in [0.1, 0.15) is 42.1 Å². The summed E-state index contributed by atoms with van der Waals surface area (Å²) in [6.45, 7) is 3.45. The van der Waals surface area contributed by atoms with Gasteiger partial charge in [-0.1, -0.05) is 31.2 Å². The van der Waals surface area contributed by atoms with E-state index in [1.54, 1.807) is 6.07 Å². The van der Waals surface area contributed by atoms with Crippen LogP contribution in [0.25, 0.3) is 0 Å². The standard InChI is InChI=1S/C23H27N3O3/c1-2-19-14-26(20-8-3-4-9-21(20)29-19)15-22(27)24-13-16-6-5-7-17(12-16)23(28)25-18-10-11-18/h3-9,12,18-19H,2,10-11,13-15H2,1H3,(H,24,27)(H,25,28). The molecule has 2 aromatic rings. The monoisotopic (exact) mass is 393 g/mol. The molecule has 1 fully saturated rings. The first kappa shape index (κ1) is 19.3. The molecule has 4 rings (SSSR count). The molecule has 1 atom stereocenters. The number of hydrogen-bond acceptors (Lipinski definition) is 4. The molecule has 6 nitrogen and oxygen atoms in total. The molecule has 0 radical (unpaired) electrons. The van der Waals surface area contributed by atoms with Crippen LogP contribution in [0.2, 0.25) is 0 Å². The molecule has 29 heavy (non-hydrogen) atoms. The SMILES string of the molecule is CCC1CN(CC(=O)NCc2cccc(C(=O)NC3CC3)c2)c2ccccc2O1. The van der Waals surface area contributed by atoms with Crippen LogP contribution in [-0.4, -0.2) is 37.0 Å². The fraction of sp³-hybridized carbons (Fsp3) is 0.391. The maximum atomic E-state index is 12.6. The van der Waals surface area contributed by atoms with Crippen LogP contribution in [0.4, 0.5) is 5.69 Å². The number of ether oxygens (including phenoxy) is 1. The van der Waals surface area contributed by atoms with Gasteiger partial charge in [0.05, 0.1) is 18.8 Å². The van der Waals surface area contributed by atoms with Crippen molar-refractivity contribution in [3.63, 3.8) is 0 Å². The van der Waals surface area contributed by atoms with Crippen molar-refractivity contribution < 1.29 is 14.3 Å². The van der Waals surface area contributed by atoms with Crippen molar-refractivity contribution in [2.45, 2.75) is 44.9 Å². The molecule has 1 unspecified atom stereocenters. The number of fused-ring (bicyclic) bond motifs is 1. The third-order valence-electron chi connectivity index (χ3n) is 5.30. The molecule has 0 bridgehead atoms. The summed E-state index contributed by atoms with van der Waals surface area (Å²) in [5.74, 6) is 0.730. The topological polar surface area (TPSA) is 70.7 Å². The van der Waals surface area contributed by atoms with Gasteiger partial charge >= 0.3 is 0 Å². The number of carbonyl (C=O) groups is 2. The largest absolute Gasteiger partial charge is 0.486 e. The number of amides is 2. The number of para-hydroxylation sites is 2. The van der Waals surface area contributed by atoms with Gasteiger partial charge in [0, 0.05) is 18.2 Å². The maximum Gasteiger partial charge on any atom is 0.251 e. The van der Waals surface area contributed by atoms with Crippen LogP contribution >= 0.6 is 0 Å². The molecular weight excluding hydrogens is 366 g/mol. The highest BCUT2D eigenvalue weighted by molar-refractivity contribution is 5.94. The molecule has 152 valence electrons. The summed E-state index contributed by atoms with van der Waals surface area (Å²) in [7, 11) is 0. The van der Waals surface area contributed by atoms with Gasteiger partial charge in [-0.25, -0.2) is 0 Å². The first-order valence-electron chi connectivity index (χ1n) is 10.3. The van der Waals surface area contributed by atoms with E-state index in [9.17, 15) is 9.59 Å². The van der Waals surface area contributed by atoms with Crippen LogP contribution in [0.3, 0.4) is 0 Å². The molecule has 2 N–H and O–H groups in total. The summed E-state index contributed by atoms with van der Waals surface area (Å²) in [5, 5.41) is 5.97. The summed E-state index contributed by atoms with van der Waals surface area (Å²) >= 11 is 0. The average Bonchev–Trinajstić information content (AvgIpc) is 3.56. The Morgan fingerprint density at radius 1 is 1.14 bits per heavy atom. The van der Waals surface area contributed by atoms with Gasteiger partial charge in [-0.05, 0) is 49.1 Å². The molecule has 2 aromatic carbocycles. The second kappa shape index (κ2) is 8.55. The predicted molar refractivity (Wildman–Crippen MR) is 112 cm³/mol.